The molecule has 17 heteroatoms. The van der Waals surface area contributed by atoms with E-state index < -0.39 is 119 Å². The van der Waals surface area contributed by atoms with Gasteiger partial charge in [0.15, 0.2) is 34.9 Å². The van der Waals surface area contributed by atoms with E-state index in [1.54, 1.807) is 0 Å². The Morgan fingerprint density at radius 1 is 0.733 bits per heavy atom. The van der Waals surface area contributed by atoms with Gasteiger partial charge in [-0.3, -0.25) is 4.79 Å². The van der Waals surface area contributed by atoms with Crippen molar-refractivity contribution in [1.82, 2.24) is 0 Å². The third-order valence-corrected chi connectivity index (χ3v) is 7.62. The lowest BCUT2D eigenvalue weighted by molar-refractivity contribution is -0.318. The Labute approximate surface area is 252 Å². The molecule has 45 heavy (non-hydrogen) atoms. The van der Waals surface area contributed by atoms with E-state index in [-0.39, 0.29) is 11.3 Å². The van der Waals surface area contributed by atoms with Gasteiger partial charge >= 0.3 is 0 Å². The molecular formula is C28H32O17. The minimum atomic E-state index is -2.00. The maximum Gasteiger partial charge on any atom is 0.239 e. The molecule has 2 fully saturated rings. The van der Waals surface area contributed by atoms with E-state index in [1.165, 1.54) is 13.0 Å². The number of aromatic hydroxyl groups is 4. The van der Waals surface area contributed by atoms with Crippen molar-refractivity contribution in [3.63, 3.8) is 0 Å². The molecule has 5 rings (SSSR count). The Kier molecular flexibility index (Phi) is 9.00. The first-order chi connectivity index (χ1) is 21.2. The quantitative estimate of drug-likeness (QED) is 0.129. The first-order valence-corrected chi connectivity index (χ1v) is 13.5. The molecule has 0 unspecified atom stereocenters. The van der Waals surface area contributed by atoms with Crippen LogP contribution in [0.15, 0.2) is 33.5 Å². The first kappa shape index (κ1) is 32.5. The lowest BCUT2D eigenvalue weighted by Crippen LogP contribution is -2.61. The maximum atomic E-state index is 13.8. The SMILES string of the molecule is COc1c(O)cc(O)c2c(=O)c(O[C@@H]3O[C@H](CO[C@@H]4O[C@H](C)[C@H](O)[C@H](O)[C@H]4O)[C@@H](O)[C@@H](O)[C@H]3O)c(-c3ccc(O)c(O)c3)oc12. The highest BCUT2D eigenvalue weighted by Gasteiger charge is 2.48. The van der Waals surface area contributed by atoms with Crippen molar-refractivity contribution in [2.75, 3.05) is 13.7 Å². The van der Waals surface area contributed by atoms with Gasteiger partial charge in [-0.2, -0.15) is 0 Å². The van der Waals surface area contributed by atoms with Crippen molar-refractivity contribution in [3.05, 3.63) is 34.5 Å². The molecule has 3 heterocycles. The number of benzene rings is 2. The average molecular weight is 641 g/mol. The first-order valence-electron chi connectivity index (χ1n) is 13.5. The van der Waals surface area contributed by atoms with Gasteiger partial charge in [-0.1, -0.05) is 0 Å². The molecule has 2 saturated heterocycles. The van der Waals surface area contributed by atoms with E-state index in [9.17, 15) is 55.9 Å². The Balaban J connectivity index is 1.52. The van der Waals surface area contributed by atoms with Crippen molar-refractivity contribution >= 4 is 11.0 Å². The van der Waals surface area contributed by atoms with Gasteiger partial charge in [-0.05, 0) is 25.1 Å². The van der Waals surface area contributed by atoms with Gasteiger partial charge in [0, 0.05) is 11.6 Å². The zero-order valence-electron chi connectivity index (χ0n) is 23.6. The highest BCUT2D eigenvalue weighted by Crippen LogP contribution is 2.44. The second-order valence-electron chi connectivity index (χ2n) is 10.6. The van der Waals surface area contributed by atoms with Crippen LogP contribution in [0.3, 0.4) is 0 Å². The summed E-state index contributed by atoms with van der Waals surface area (Å²) in [5, 5.41) is 102. The van der Waals surface area contributed by atoms with E-state index in [4.69, 9.17) is 28.1 Å². The Bertz CT molecular complexity index is 1610. The lowest BCUT2D eigenvalue weighted by atomic mass is 9.98. The Morgan fingerprint density at radius 2 is 1.40 bits per heavy atom. The van der Waals surface area contributed by atoms with Gasteiger partial charge in [0.2, 0.25) is 23.2 Å². The molecular weight excluding hydrogens is 608 g/mol. The van der Waals surface area contributed by atoms with E-state index in [0.29, 0.717) is 0 Å². The summed E-state index contributed by atoms with van der Waals surface area (Å²) >= 11 is 0. The predicted octanol–water partition coefficient (Wildman–Crippen LogP) is -1.68. The zero-order valence-corrected chi connectivity index (χ0v) is 23.6. The summed E-state index contributed by atoms with van der Waals surface area (Å²) < 4.78 is 33.1. The van der Waals surface area contributed by atoms with Crippen molar-refractivity contribution in [2.45, 2.75) is 68.3 Å². The monoisotopic (exact) mass is 640 g/mol. The topological polar surface area (TPSA) is 279 Å². The van der Waals surface area contributed by atoms with Crippen LogP contribution in [0.4, 0.5) is 0 Å². The largest absolute Gasteiger partial charge is 0.507 e. The van der Waals surface area contributed by atoms with E-state index in [1.807, 2.05) is 0 Å². The van der Waals surface area contributed by atoms with Crippen LogP contribution < -0.4 is 14.9 Å². The lowest BCUT2D eigenvalue weighted by Gasteiger charge is -2.42. The summed E-state index contributed by atoms with van der Waals surface area (Å²) in [6, 6.07) is 4.09. The minimum absolute atomic E-state index is 0.0757. The third-order valence-electron chi connectivity index (χ3n) is 7.62. The standard InChI is InChI=1S/C28H32O17/c1-8-16(33)19(36)21(38)27(42-8)41-7-14-17(34)20(37)22(39)28(43-14)45-26-18(35)15-12(31)6-13(32)24(40-2)25(15)44-23(26)9-3-4-10(29)11(30)5-9/h3-6,8,14,16-17,19-22,27-34,36-39H,7H2,1-2H3/t8-,14-,16+,17-,19+,20-,21-,22-,27-,28+/m1/s1. The number of ether oxygens (including phenoxy) is 5. The highest BCUT2D eigenvalue weighted by molar-refractivity contribution is 5.93. The molecule has 0 saturated carbocycles. The molecule has 3 aromatic rings. The zero-order chi connectivity index (χ0) is 32.9. The van der Waals surface area contributed by atoms with Crippen molar-refractivity contribution in [3.8, 4) is 45.8 Å². The highest BCUT2D eigenvalue weighted by atomic mass is 16.7. The van der Waals surface area contributed by atoms with Crippen LogP contribution in [-0.2, 0) is 14.2 Å². The number of hydrogen-bond donors (Lipinski definition) is 10. The molecule has 10 N–H and O–H groups in total. The van der Waals surface area contributed by atoms with E-state index in [0.717, 1.165) is 25.3 Å². The minimum Gasteiger partial charge on any atom is -0.507 e. The van der Waals surface area contributed by atoms with Gasteiger partial charge < -0.3 is 79.2 Å². The van der Waals surface area contributed by atoms with Gasteiger partial charge in [0.05, 0.1) is 19.8 Å². The molecule has 0 spiro atoms. The van der Waals surface area contributed by atoms with Crippen LogP contribution in [0.2, 0.25) is 0 Å². The van der Waals surface area contributed by atoms with Crippen molar-refractivity contribution < 1.29 is 79.2 Å². The molecule has 1 aromatic heterocycles. The van der Waals surface area contributed by atoms with Gasteiger partial charge in [-0.25, -0.2) is 0 Å². The number of rotatable bonds is 7. The Morgan fingerprint density at radius 3 is 2.07 bits per heavy atom. The average Bonchev–Trinajstić information content (AvgIpc) is 3.00. The van der Waals surface area contributed by atoms with Crippen LogP contribution in [-0.4, -0.2) is 126 Å². The third kappa shape index (κ3) is 5.81. The van der Waals surface area contributed by atoms with Gasteiger partial charge in [0.25, 0.3) is 0 Å². The molecule has 0 aliphatic carbocycles. The smallest absolute Gasteiger partial charge is 0.239 e. The summed E-state index contributed by atoms with van der Waals surface area (Å²) in [4.78, 5) is 13.8. The summed E-state index contributed by atoms with van der Waals surface area (Å²) in [6.45, 7) is 0.797. The molecule has 0 amide bonds. The van der Waals surface area contributed by atoms with Gasteiger partial charge in [-0.15, -0.1) is 0 Å². The summed E-state index contributed by atoms with van der Waals surface area (Å²) in [5.74, 6) is -4.04. The van der Waals surface area contributed by atoms with Crippen LogP contribution in [0, 0.1) is 0 Å². The van der Waals surface area contributed by atoms with E-state index in [2.05, 4.69) is 0 Å². The molecule has 0 radical (unpaired) electrons. The fourth-order valence-corrected chi connectivity index (χ4v) is 5.06. The van der Waals surface area contributed by atoms with E-state index >= 15 is 0 Å². The summed E-state index contributed by atoms with van der Waals surface area (Å²) in [7, 11) is 1.16. The van der Waals surface area contributed by atoms with Crippen LogP contribution in [0.25, 0.3) is 22.3 Å². The maximum absolute atomic E-state index is 13.8. The summed E-state index contributed by atoms with van der Waals surface area (Å²) in [5.41, 5.74) is -1.60. The molecule has 2 aliphatic rings. The molecule has 0 bridgehead atoms. The molecule has 2 aliphatic heterocycles. The predicted molar refractivity (Wildman–Crippen MR) is 147 cm³/mol. The molecule has 246 valence electrons. The molecule has 10 atom stereocenters. The van der Waals surface area contributed by atoms with Crippen molar-refractivity contribution in [2.24, 2.45) is 0 Å². The van der Waals surface area contributed by atoms with Crippen LogP contribution in [0.5, 0.6) is 34.5 Å². The number of aliphatic hydroxyl groups excluding tert-OH is 6. The number of phenols is 4. The second kappa shape index (κ2) is 12.5. The number of methoxy groups -OCH3 is 1. The number of hydrogen-bond acceptors (Lipinski definition) is 17. The normalized spacial score (nSPS) is 32.0. The summed E-state index contributed by atoms with van der Waals surface area (Å²) in [6.07, 6.45) is -16.3. The van der Waals surface area contributed by atoms with Crippen LogP contribution in [0.1, 0.15) is 6.92 Å². The van der Waals surface area contributed by atoms with Crippen molar-refractivity contribution in [1.29, 1.82) is 0 Å². The second-order valence-corrected chi connectivity index (χ2v) is 10.6. The fraction of sp³-hybridized carbons (Fsp3) is 0.464. The fourth-order valence-electron chi connectivity index (χ4n) is 5.06. The molecule has 2 aromatic carbocycles. The number of phenolic OH excluding ortho intramolecular Hbond substituents is 4. The van der Waals surface area contributed by atoms with Gasteiger partial charge in [0.1, 0.15) is 53.9 Å². The van der Waals surface area contributed by atoms with Crippen LogP contribution >= 0.6 is 0 Å². The molecule has 17 nitrogen and oxygen atoms in total. The Hall–Kier alpha value is -3.91. The number of fused-ring (bicyclic) bond motifs is 1. The number of aliphatic hydroxyl groups is 6.